The summed E-state index contributed by atoms with van der Waals surface area (Å²) in [4.78, 5) is 33.4. The van der Waals surface area contributed by atoms with E-state index >= 15 is 0 Å². The third-order valence-electron chi connectivity index (χ3n) is 5.03. The van der Waals surface area contributed by atoms with Gasteiger partial charge in [-0.05, 0) is 33.8 Å². The summed E-state index contributed by atoms with van der Waals surface area (Å²) in [6.07, 6.45) is 0. The Morgan fingerprint density at radius 3 is 2.34 bits per heavy atom. The predicted molar refractivity (Wildman–Crippen MR) is 112 cm³/mol. The Labute approximate surface area is 170 Å². The lowest BCUT2D eigenvalue weighted by Crippen LogP contribution is -2.41. The van der Waals surface area contributed by atoms with Crippen LogP contribution in [0.4, 0.5) is 0 Å². The molecule has 2 aromatic heterocycles. The molecule has 0 fully saturated rings. The molecule has 29 heavy (non-hydrogen) atoms. The van der Waals surface area contributed by atoms with E-state index in [1.54, 1.807) is 24.9 Å². The van der Waals surface area contributed by atoms with E-state index in [1.165, 1.54) is 4.90 Å². The SMILES string of the molecule is CCN(CC)C(=O)CN(C)C(=O)c1cc(-c2ccc(C)cc2)nc2onc(C)c12. The number of amides is 2. The van der Waals surface area contributed by atoms with Gasteiger partial charge in [-0.15, -0.1) is 0 Å². The second-order valence-electron chi connectivity index (χ2n) is 7.10. The Morgan fingerprint density at radius 1 is 1.07 bits per heavy atom. The highest BCUT2D eigenvalue weighted by molar-refractivity contribution is 6.07. The molecule has 152 valence electrons. The molecule has 0 N–H and O–H groups in total. The number of rotatable bonds is 6. The number of fused-ring (bicyclic) bond motifs is 1. The molecule has 0 unspecified atom stereocenters. The molecule has 0 aliphatic heterocycles. The summed E-state index contributed by atoms with van der Waals surface area (Å²) in [5.74, 6) is -0.352. The fourth-order valence-corrected chi connectivity index (χ4v) is 3.29. The Hall–Kier alpha value is -3.22. The normalized spacial score (nSPS) is 10.9. The molecular weight excluding hydrogens is 368 g/mol. The van der Waals surface area contributed by atoms with Crippen molar-refractivity contribution in [1.82, 2.24) is 19.9 Å². The van der Waals surface area contributed by atoms with E-state index in [1.807, 2.05) is 45.0 Å². The third-order valence-corrected chi connectivity index (χ3v) is 5.03. The van der Waals surface area contributed by atoms with E-state index in [9.17, 15) is 9.59 Å². The minimum Gasteiger partial charge on any atom is -0.342 e. The first-order chi connectivity index (χ1) is 13.8. The molecular formula is C22H26N4O3. The standard InChI is InChI=1S/C22H26N4O3/c1-6-26(7-2)19(27)13-25(5)22(28)17-12-18(16-10-8-14(3)9-11-16)23-21-20(17)15(4)24-29-21/h8-12H,6-7,13H2,1-5H3. The second kappa shape index (κ2) is 8.43. The van der Waals surface area contributed by atoms with E-state index in [-0.39, 0.29) is 18.4 Å². The highest BCUT2D eigenvalue weighted by Crippen LogP contribution is 2.28. The van der Waals surface area contributed by atoms with Gasteiger partial charge in [0, 0.05) is 25.7 Å². The summed E-state index contributed by atoms with van der Waals surface area (Å²) in [7, 11) is 1.63. The molecule has 0 saturated heterocycles. The molecule has 3 rings (SSSR count). The Kier molecular flexibility index (Phi) is 5.96. The van der Waals surface area contributed by atoms with Gasteiger partial charge in [0.15, 0.2) is 0 Å². The zero-order chi connectivity index (χ0) is 21.1. The maximum atomic E-state index is 13.2. The number of likely N-dealkylation sites (N-methyl/N-ethyl adjacent to an activating group) is 2. The molecule has 0 aliphatic carbocycles. The van der Waals surface area contributed by atoms with Gasteiger partial charge in [0.2, 0.25) is 5.91 Å². The predicted octanol–water partition coefficient (Wildman–Crippen LogP) is 3.45. The molecule has 1 aromatic carbocycles. The third kappa shape index (κ3) is 4.13. The second-order valence-corrected chi connectivity index (χ2v) is 7.10. The van der Waals surface area contributed by atoms with Crippen molar-refractivity contribution in [3.8, 4) is 11.3 Å². The van der Waals surface area contributed by atoms with E-state index < -0.39 is 0 Å². The summed E-state index contributed by atoms with van der Waals surface area (Å²) in [6, 6.07) is 9.63. The zero-order valence-corrected chi connectivity index (χ0v) is 17.5. The Balaban J connectivity index is 2.00. The average molecular weight is 394 g/mol. The van der Waals surface area contributed by atoms with Crippen molar-refractivity contribution in [2.75, 3.05) is 26.7 Å². The lowest BCUT2D eigenvalue weighted by Gasteiger charge is -2.23. The number of hydrogen-bond donors (Lipinski definition) is 0. The van der Waals surface area contributed by atoms with Crippen LogP contribution in [-0.2, 0) is 4.79 Å². The van der Waals surface area contributed by atoms with Crippen LogP contribution in [-0.4, -0.2) is 58.4 Å². The average Bonchev–Trinajstić information content (AvgIpc) is 3.09. The van der Waals surface area contributed by atoms with Gasteiger partial charge in [-0.25, -0.2) is 4.98 Å². The largest absolute Gasteiger partial charge is 0.342 e. The quantitative estimate of drug-likeness (QED) is 0.640. The molecule has 0 spiro atoms. The fraction of sp³-hybridized carbons (Fsp3) is 0.364. The highest BCUT2D eigenvalue weighted by Gasteiger charge is 2.24. The monoisotopic (exact) mass is 394 g/mol. The molecule has 3 aromatic rings. The lowest BCUT2D eigenvalue weighted by atomic mass is 10.0. The molecule has 0 aliphatic rings. The smallest absolute Gasteiger partial charge is 0.259 e. The van der Waals surface area contributed by atoms with E-state index in [0.29, 0.717) is 41.1 Å². The van der Waals surface area contributed by atoms with Crippen molar-refractivity contribution in [2.45, 2.75) is 27.7 Å². The number of hydrogen-bond acceptors (Lipinski definition) is 5. The van der Waals surface area contributed by atoms with Crippen molar-refractivity contribution < 1.29 is 14.1 Å². The number of nitrogens with zero attached hydrogens (tertiary/aromatic N) is 4. The first kappa shape index (κ1) is 20.5. The molecule has 2 amide bonds. The number of carbonyl (C=O) groups is 2. The number of carbonyl (C=O) groups excluding carboxylic acids is 2. The lowest BCUT2D eigenvalue weighted by molar-refractivity contribution is -0.131. The van der Waals surface area contributed by atoms with Crippen LogP contribution in [0.5, 0.6) is 0 Å². The van der Waals surface area contributed by atoms with Gasteiger partial charge in [0.05, 0.1) is 28.9 Å². The van der Waals surface area contributed by atoms with Crippen LogP contribution in [0, 0.1) is 13.8 Å². The van der Waals surface area contributed by atoms with Crippen LogP contribution in [0.1, 0.15) is 35.5 Å². The summed E-state index contributed by atoms with van der Waals surface area (Å²) in [5, 5.41) is 4.56. The van der Waals surface area contributed by atoms with Crippen LogP contribution in [0.3, 0.4) is 0 Å². The summed E-state index contributed by atoms with van der Waals surface area (Å²) in [6.45, 7) is 8.86. The van der Waals surface area contributed by atoms with Crippen LogP contribution in [0.25, 0.3) is 22.4 Å². The van der Waals surface area contributed by atoms with E-state index in [0.717, 1.165) is 11.1 Å². The topological polar surface area (TPSA) is 79.5 Å². The van der Waals surface area contributed by atoms with Gasteiger partial charge in [0.1, 0.15) is 0 Å². The minimum absolute atomic E-state index is 0.00845. The van der Waals surface area contributed by atoms with Gasteiger partial charge < -0.3 is 14.3 Å². The van der Waals surface area contributed by atoms with Crippen molar-refractivity contribution in [1.29, 1.82) is 0 Å². The van der Waals surface area contributed by atoms with E-state index in [2.05, 4.69) is 10.1 Å². The summed E-state index contributed by atoms with van der Waals surface area (Å²) < 4.78 is 5.35. The molecule has 2 heterocycles. The Bertz CT molecular complexity index is 1040. The van der Waals surface area contributed by atoms with Crippen molar-refractivity contribution >= 4 is 22.9 Å². The fourth-order valence-electron chi connectivity index (χ4n) is 3.29. The molecule has 0 radical (unpaired) electrons. The van der Waals surface area contributed by atoms with Crippen molar-refractivity contribution in [2.24, 2.45) is 0 Å². The van der Waals surface area contributed by atoms with Crippen LogP contribution >= 0.6 is 0 Å². The molecule has 0 saturated carbocycles. The number of benzene rings is 1. The van der Waals surface area contributed by atoms with Crippen LogP contribution in [0.15, 0.2) is 34.9 Å². The van der Waals surface area contributed by atoms with Crippen molar-refractivity contribution in [3.05, 3.63) is 47.2 Å². The molecule has 0 atom stereocenters. The maximum Gasteiger partial charge on any atom is 0.259 e. The summed E-state index contributed by atoms with van der Waals surface area (Å²) >= 11 is 0. The van der Waals surface area contributed by atoms with Crippen molar-refractivity contribution in [3.63, 3.8) is 0 Å². The molecule has 0 bridgehead atoms. The van der Waals surface area contributed by atoms with Crippen LogP contribution in [0.2, 0.25) is 0 Å². The van der Waals surface area contributed by atoms with E-state index in [4.69, 9.17) is 4.52 Å². The zero-order valence-electron chi connectivity index (χ0n) is 17.5. The van der Waals surface area contributed by atoms with Crippen LogP contribution < -0.4 is 0 Å². The summed E-state index contributed by atoms with van der Waals surface area (Å²) in [5.41, 5.74) is 3.97. The van der Waals surface area contributed by atoms with Gasteiger partial charge in [0.25, 0.3) is 11.6 Å². The first-order valence-corrected chi connectivity index (χ1v) is 9.73. The highest BCUT2D eigenvalue weighted by atomic mass is 16.5. The van der Waals surface area contributed by atoms with Gasteiger partial charge in [-0.2, -0.15) is 0 Å². The first-order valence-electron chi connectivity index (χ1n) is 9.73. The molecule has 7 nitrogen and oxygen atoms in total. The van der Waals surface area contributed by atoms with Gasteiger partial charge in [-0.3, -0.25) is 9.59 Å². The van der Waals surface area contributed by atoms with Gasteiger partial charge in [-0.1, -0.05) is 35.0 Å². The van der Waals surface area contributed by atoms with Gasteiger partial charge >= 0.3 is 0 Å². The minimum atomic E-state index is -0.266. The Morgan fingerprint density at radius 2 is 1.72 bits per heavy atom. The maximum absolute atomic E-state index is 13.2. The number of pyridine rings is 1. The number of aromatic nitrogens is 2. The molecule has 7 heteroatoms. The number of aryl methyl sites for hydroxylation is 2.